The monoisotopic (exact) mass is 316 g/mol. The number of carboxylic acid groups (broad SMARTS) is 1. The van der Waals surface area contributed by atoms with E-state index in [-0.39, 0.29) is 18.0 Å². The first-order valence-corrected chi connectivity index (χ1v) is 8.03. The van der Waals surface area contributed by atoms with Gasteiger partial charge in [0.2, 0.25) is 0 Å². The average Bonchev–Trinajstić information content (AvgIpc) is 2.74. The average molecular weight is 316 g/mol. The van der Waals surface area contributed by atoms with Gasteiger partial charge in [0, 0.05) is 17.1 Å². The number of ether oxygens (including phenoxy) is 1. The minimum Gasteiger partial charge on any atom is -0.478 e. The summed E-state index contributed by atoms with van der Waals surface area (Å²) in [5, 5.41) is 9.28. The highest BCUT2D eigenvalue weighted by atomic mass is 16.5. The third kappa shape index (κ3) is 4.44. The molecule has 0 aromatic rings. The summed E-state index contributed by atoms with van der Waals surface area (Å²) in [6, 6.07) is 0. The van der Waals surface area contributed by atoms with E-state index in [2.05, 4.69) is 12.7 Å². The number of hydrogen-bond donors (Lipinski definition) is 1. The quantitative estimate of drug-likeness (QED) is 0.452. The summed E-state index contributed by atoms with van der Waals surface area (Å²) >= 11 is 0. The highest BCUT2D eigenvalue weighted by Gasteiger charge is 2.36. The molecule has 1 saturated heterocycles. The first kappa shape index (κ1) is 17.3. The summed E-state index contributed by atoms with van der Waals surface area (Å²) in [4.78, 5) is 23.1. The van der Waals surface area contributed by atoms with E-state index < -0.39 is 5.97 Å². The van der Waals surface area contributed by atoms with E-state index in [9.17, 15) is 14.7 Å². The fourth-order valence-electron chi connectivity index (χ4n) is 3.01. The van der Waals surface area contributed by atoms with Gasteiger partial charge in [0.15, 0.2) is 0 Å². The molecule has 0 radical (unpaired) electrons. The third-order valence-electron chi connectivity index (χ3n) is 4.50. The normalized spacial score (nSPS) is 33.4. The molecule has 0 aromatic heterocycles. The Bertz CT molecular complexity index is 607. The largest absolute Gasteiger partial charge is 0.478 e. The second-order valence-corrected chi connectivity index (χ2v) is 6.38. The fraction of sp³-hybridized carbons (Fsp3) is 0.474. The van der Waals surface area contributed by atoms with Crippen LogP contribution in [0.2, 0.25) is 0 Å². The lowest BCUT2D eigenvalue weighted by Gasteiger charge is -2.15. The number of rotatable bonds is 1. The molecule has 0 bridgehead atoms. The first-order valence-electron chi connectivity index (χ1n) is 8.03. The van der Waals surface area contributed by atoms with Gasteiger partial charge in [0.05, 0.1) is 0 Å². The molecule has 1 aliphatic heterocycles. The molecule has 124 valence electrons. The van der Waals surface area contributed by atoms with Gasteiger partial charge in [-0.25, -0.2) is 9.59 Å². The molecule has 1 unspecified atom stereocenters. The van der Waals surface area contributed by atoms with Gasteiger partial charge in [-0.2, -0.15) is 0 Å². The van der Waals surface area contributed by atoms with Crippen molar-refractivity contribution in [2.45, 2.75) is 52.1 Å². The van der Waals surface area contributed by atoms with Crippen molar-refractivity contribution in [1.82, 2.24) is 0 Å². The van der Waals surface area contributed by atoms with Gasteiger partial charge in [0.25, 0.3) is 0 Å². The SMILES string of the molecule is C=C1C(=O)O[C@@H]2/C=C(/C)C/C=C(/C(=O)O)CC/C=C(/C)CCC12. The Kier molecular flexibility index (Phi) is 5.59. The van der Waals surface area contributed by atoms with Gasteiger partial charge in [-0.05, 0) is 52.0 Å². The predicted octanol–water partition coefficient (Wildman–Crippen LogP) is 3.95. The maximum absolute atomic E-state index is 11.8. The van der Waals surface area contributed by atoms with Crippen LogP contribution in [0.3, 0.4) is 0 Å². The number of carbonyl (C=O) groups excluding carboxylic acids is 1. The van der Waals surface area contributed by atoms with Crippen molar-refractivity contribution in [3.05, 3.63) is 47.1 Å². The molecule has 1 fully saturated rings. The second kappa shape index (κ2) is 7.44. The van der Waals surface area contributed by atoms with Crippen LogP contribution in [0.15, 0.2) is 47.1 Å². The number of esters is 1. The molecule has 4 heteroatoms. The van der Waals surface area contributed by atoms with E-state index >= 15 is 0 Å². The summed E-state index contributed by atoms with van der Waals surface area (Å²) in [5.41, 5.74) is 3.19. The van der Waals surface area contributed by atoms with E-state index in [0.29, 0.717) is 24.0 Å². The minimum absolute atomic E-state index is 0.00415. The summed E-state index contributed by atoms with van der Waals surface area (Å²) in [5.74, 6) is -1.18. The Balaban J connectivity index is 2.29. The standard InChI is InChI=1S/C19H24O4/c1-12-5-4-6-15(18(20)21)9-7-13(2)11-17-16(10-8-12)14(3)19(22)23-17/h5,9,11,16-17H,3-4,6-8,10H2,1-2H3,(H,20,21)/b12-5-,13-11-,15-9+/t16?,17-/m1/s1. The van der Waals surface area contributed by atoms with Crippen LogP contribution in [0.5, 0.6) is 0 Å². The van der Waals surface area contributed by atoms with Crippen LogP contribution in [0, 0.1) is 5.92 Å². The molecule has 1 heterocycles. The molecule has 0 aromatic carbocycles. The Morgan fingerprint density at radius 3 is 2.70 bits per heavy atom. The Hall–Kier alpha value is -2.10. The zero-order valence-electron chi connectivity index (χ0n) is 13.8. The van der Waals surface area contributed by atoms with Gasteiger partial charge in [-0.15, -0.1) is 0 Å². The maximum Gasteiger partial charge on any atom is 0.334 e. The molecule has 2 atom stereocenters. The molecular weight excluding hydrogens is 292 g/mol. The predicted molar refractivity (Wildman–Crippen MR) is 88.8 cm³/mol. The van der Waals surface area contributed by atoms with Crippen molar-refractivity contribution < 1.29 is 19.4 Å². The summed E-state index contributed by atoms with van der Waals surface area (Å²) in [6.07, 6.45) is 8.98. The van der Waals surface area contributed by atoms with Crippen LogP contribution in [-0.4, -0.2) is 23.1 Å². The van der Waals surface area contributed by atoms with Crippen molar-refractivity contribution in [3.8, 4) is 0 Å². The van der Waals surface area contributed by atoms with Crippen LogP contribution < -0.4 is 0 Å². The van der Waals surface area contributed by atoms with E-state index in [4.69, 9.17) is 4.74 Å². The number of aliphatic carboxylic acids is 1. The number of fused-ring (bicyclic) bond motifs is 1. The van der Waals surface area contributed by atoms with E-state index in [0.717, 1.165) is 24.8 Å². The fourth-order valence-corrected chi connectivity index (χ4v) is 3.01. The number of carbonyl (C=O) groups is 2. The van der Waals surface area contributed by atoms with Crippen molar-refractivity contribution in [2.75, 3.05) is 0 Å². The van der Waals surface area contributed by atoms with E-state index in [1.807, 2.05) is 19.9 Å². The van der Waals surface area contributed by atoms with Gasteiger partial charge in [0.1, 0.15) is 6.10 Å². The third-order valence-corrected chi connectivity index (χ3v) is 4.50. The number of allylic oxidation sites excluding steroid dienone is 4. The maximum atomic E-state index is 11.8. The van der Waals surface area contributed by atoms with E-state index in [1.54, 1.807) is 6.08 Å². The molecule has 0 spiro atoms. The van der Waals surface area contributed by atoms with Crippen LogP contribution in [-0.2, 0) is 14.3 Å². The Morgan fingerprint density at radius 2 is 2.00 bits per heavy atom. The summed E-state index contributed by atoms with van der Waals surface area (Å²) in [7, 11) is 0. The molecule has 2 rings (SSSR count). The zero-order chi connectivity index (χ0) is 17.0. The molecule has 0 amide bonds. The second-order valence-electron chi connectivity index (χ2n) is 6.38. The minimum atomic E-state index is -0.864. The van der Waals surface area contributed by atoms with Crippen molar-refractivity contribution >= 4 is 11.9 Å². The summed E-state index contributed by atoms with van der Waals surface area (Å²) < 4.78 is 5.42. The Morgan fingerprint density at radius 1 is 1.26 bits per heavy atom. The van der Waals surface area contributed by atoms with Gasteiger partial charge >= 0.3 is 11.9 Å². The molecule has 2 aliphatic rings. The smallest absolute Gasteiger partial charge is 0.334 e. The van der Waals surface area contributed by atoms with Gasteiger partial charge < -0.3 is 9.84 Å². The lowest BCUT2D eigenvalue weighted by atomic mass is 9.89. The zero-order valence-corrected chi connectivity index (χ0v) is 13.8. The topological polar surface area (TPSA) is 63.6 Å². The van der Waals surface area contributed by atoms with Crippen LogP contribution in [0.1, 0.15) is 46.0 Å². The molecule has 1 N–H and O–H groups in total. The van der Waals surface area contributed by atoms with Gasteiger partial charge in [-0.3, -0.25) is 0 Å². The van der Waals surface area contributed by atoms with Crippen molar-refractivity contribution in [2.24, 2.45) is 5.92 Å². The van der Waals surface area contributed by atoms with Crippen molar-refractivity contribution in [1.29, 1.82) is 0 Å². The molecule has 0 saturated carbocycles. The number of carboxylic acids is 1. The molecular formula is C19H24O4. The highest BCUT2D eigenvalue weighted by Crippen LogP contribution is 2.33. The first-order chi connectivity index (χ1) is 10.9. The van der Waals surface area contributed by atoms with Crippen molar-refractivity contribution in [3.63, 3.8) is 0 Å². The highest BCUT2D eigenvalue weighted by molar-refractivity contribution is 5.91. The lowest BCUT2D eigenvalue weighted by molar-refractivity contribution is -0.137. The number of hydrogen-bond acceptors (Lipinski definition) is 3. The lowest BCUT2D eigenvalue weighted by Crippen LogP contribution is -2.14. The molecule has 4 nitrogen and oxygen atoms in total. The van der Waals surface area contributed by atoms with Crippen LogP contribution >= 0.6 is 0 Å². The summed E-state index contributed by atoms with van der Waals surface area (Å²) in [6.45, 7) is 7.86. The molecule has 1 aliphatic carbocycles. The Labute approximate surface area is 137 Å². The van der Waals surface area contributed by atoms with Gasteiger partial charge in [-0.1, -0.05) is 29.9 Å². The molecule has 23 heavy (non-hydrogen) atoms. The van der Waals surface area contributed by atoms with Crippen LogP contribution in [0.25, 0.3) is 0 Å². The van der Waals surface area contributed by atoms with E-state index in [1.165, 1.54) is 5.57 Å². The van der Waals surface area contributed by atoms with Crippen LogP contribution in [0.4, 0.5) is 0 Å².